The third-order valence-electron chi connectivity index (χ3n) is 2.58. The quantitative estimate of drug-likeness (QED) is 0.742. The van der Waals surface area contributed by atoms with Gasteiger partial charge in [-0.25, -0.2) is 4.98 Å². The van der Waals surface area contributed by atoms with Crippen LogP contribution in [0.5, 0.6) is 0 Å². The van der Waals surface area contributed by atoms with Crippen molar-refractivity contribution in [2.24, 2.45) is 0 Å². The van der Waals surface area contributed by atoms with Gasteiger partial charge in [0.05, 0.1) is 12.1 Å². The minimum Gasteiger partial charge on any atom is -0.448 e. The number of nitrogens with zero attached hydrogens (tertiary/aromatic N) is 1. The second-order valence-corrected chi connectivity index (χ2v) is 3.39. The first kappa shape index (κ1) is 7.62. The average Bonchev–Trinajstić information content (AvgIpc) is 2.85. The van der Waals surface area contributed by atoms with E-state index < -0.39 is 0 Å². The number of oxazole rings is 1. The molecule has 1 N–H and O–H groups in total. The third-order valence-corrected chi connectivity index (χ3v) is 2.58. The Morgan fingerprint density at radius 1 is 1.36 bits per heavy atom. The van der Waals surface area contributed by atoms with E-state index in [9.17, 15) is 0 Å². The standard InChI is InChI=1S/C11H10N2O/c1-2-4-10-8(3-1)9(7-13-10)11-12-5-6-14-11/h1-6,9,13H,7H2. The number of hydrogen-bond donors (Lipinski definition) is 1. The molecule has 0 bridgehead atoms. The van der Waals surface area contributed by atoms with Crippen LogP contribution in [0.4, 0.5) is 5.69 Å². The highest BCUT2D eigenvalue weighted by Crippen LogP contribution is 2.34. The first-order valence-electron chi connectivity index (χ1n) is 4.67. The summed E-state index contributed by atoms with van der Waals surface area (Å²) in [5.41, 5.74) is 2.46. The van der Waals surface area contributed by atoms with Crippen LogP contribution in [0.15, 0.2) is 41.1 Å². The molecule has 0 saturated heterocycles. The lowest BCUT2D eigenvalue weighted by molar-refractivity contribution is 0.480. The third kappa shape index (κ3) is 1.02. The lowest BCUT2D eigenvalue weighted by Crippen LogP contribution is -2.03. The maximum absolute atomic E-state index is 5.32. The molecule has 1 aliphatic rings. The molecule has 0 saturated carbocycles. The molecule has 0 spiro atoms. The van der Waals surface area contributed by atoms with Crippen molar-refractivity contribution in [1.82, 2.24) is 4.98 Å². The average molecular weight is 186 g/mol. The summed E-state index contributed by atoms with van der Waals surface area (Å²) in [5.74, 6) is 1.06. The fourth-order valence-electron chi connectivity index (χ4n) is 1.91. The van der Waals surface area contributed by atoms with Crippen molar-refractivity contribution < 1.29 is 4.42 Å². The van der Waals surface area contributed by atoms with Gasteiger partial charge in [-0.1, -0.05) is 18.2 Å². The molecule has 2 aromatic rings. The van der Waals surface area contributed by atoms with Crippen LogP contribution in [-0.4, -0.2) is 11.5 Å². The molecule has 2 heterocycles. The SMILES string of the molecule is c1ccc2c(c1)NCC2c1ncco1. The van der Waals surface area contributed by atoms with E-state index in [1.807, 2.05) is 12.1 Å². The lowest BCUT2D eigenvalue weighted by atomic mass is 10.0. The zero-order valence-corrected chi connectivity index (χ0v) is 7.60. The number of aromatic nitrogens is 1. The monoisotopic (exact) mass is 186 g/mol. The van der Waals surface area contributed by atoms with E-state index in [0.717, 1.165) is 12.4 Å². The summed E-state index contributed by atoms with van der Waals surface area (Å²) in [4.78, 5) is 4.19. The zero-order valence-electron chi connectivity index (χ0n) is 7.60. The van der Waals surface area contributed by atoms with Crippen LogP contribution in [0.2, 0.25) is 0 Å². The van der Waals surface area contributed by atoms with Crippen molar-refractivity contribution in [2.45, 2.75) is 5.92 Å². The van der Waals surface area contributed by atoms with E-state index in [2.05, 4.69) is 22.4 Å². The van der Waals surface area contributed by atoms with Crippen molar-refractivity contribution in [3.63, 3.8) is 0 Å². The van der Waals surface area contributed by atoms with E-state index in [4.69, 9.17) is 4.42 Å². The Morgan fingerprint density at radius 2 is 2.29 bits per heavy atom. The molecular formula is C11H10N2O. The molecule has 3 rings (SSSR count). The Morgan fingerprint density at radius 3 is 3.14 bits per heavy atom. The highest BCUT2D eigenvalue weighted by Gasteiger charge is 2.26. The molecule has 0 fully saturated rings. The van der Waals surface area contributed by atoms with E-state index in [0.29, 0.717) is 0 Å². The van der Waals surface area contributed by atoms with Crippen LogP contribution >= 0.6 is 0 Å². The molecular weight excluding hydrogens is 176 g/mol. The van der Waals surface area contributed by atoms with Gasteiger partial charge in [0, 0.05) is 12.2 Å². The van der Waals surface area contributed by atoms with Crippen LogP contribution in [0.3, 0.4) is 0 Å². The second kappa shape index (κ2) is 2.87. The van der Waals surface area contributed by atoms with Crippen molar-refractivity contribution in [3.8, 4) is 0 Å². The smallest absolute Gasteiger partial charge is 0.203 e. The molecule has 1 aliphatic heterocycles. The predicted molar refractivity (Wildman–Crippen MR) is 53.3 cm³/mol. The normalized spacial score (nSPS) is 19.0. The molecule has 1 aromatic heterocycles. The van der Waals surface area contributed by atoms with Crippen molar-refractivity contribution >= 4 is 5.69 Å². The maximum Gasteiger partial charge on any atom is 0.203 e. The Kier molecular flexibility index (Phi) is 1.56. The summed E-state index contributed by atoms with van der Waals surface area (Å²) in [6.07, 6.45) is 3.31. The van der Waals surface area contributed by atoms with Gasteiger partial charge in [0.2, 0.25) is 5.89 Å². The largest absolute Gasteiger partial charge is 0.448 e. The van der Waals surface area contributed by atoms with Gasteiger partial charge in [0.25, 0.3) is 0 Å². The van der Waals surface area contributed by atoms with Gasteiger partial charge in [0.15, 0.2) is 0 Å². The molecule has 0 radical (unpaired) electrons. The Bertz CT molecular complexity index is 436. The summed E-state index contributed by atoms with van der Waals surface area (Å²) < 4.78 is 5.32. The van der Waals surface area contributed by atoms with Crippen LogP contribution in [0, 0.1) is 0 Å². The number of hydrogen-bond acceptors (Lipinski definition) is 3. The van der Waals surface area contributed by atoms with Gasteiger partial charge in [-0.2, -0.15) is 0 Å². The summed E-state index contributed by atoms with van der Waals surface area (Å²) in [6.45, 7) is 0.875. The number of rotatable bonds is 1. The van der Waals surface area contributed by atoms with Crippen LogP contribution in [0.1, 0.15) is 17.4 Å². The van der Waals surface area contributed by atoms with Crippen molar-refractivity contribution in [1.29, 1.82) is 0 Å². The molecule has 0 aliphatic carbocycles. The van der Waals surface area contributed by atoms with E-state index in [-0.39, 0.29) is 5.92 Å². The Hall–Kier alpha value is -1.77. The highest BCUT2D eigenvalue weighted by molar-refractivity contribution is 5.59. The second-order valence-electron chi connectivity index (χ2n) is 3.39. The van der Waals surface area contributed by atoms with E-state index in [1.165, 1.54) is 11.3 Å². The summed E-state index contributed by atoms with van der Waals surface area (Å²) in [6, 6.07) is 8.27. The molecule has 3 heteroatoms. The van der Waals surface area contributed by atoms with Crippen molar-refractivity contribution in [2.75, 3.05) is 11.9 Å². The van der Waals surface area contributed by atoms with Gasteiger partial charge in [-0.3, -0.25) is 0 Å². The van der Waals surface area contributed by atoms with Gasteiger partial charge < -0.3 is 9.73 Å². The topological polar surface area (TPSA) is 38.1 Å². The highest BCUT2D eigenvalue weighted by atomic mass is 16.3. The number of benzene rings is 1. The van der Waals surface area contributed by atoms with Gasteiger partial charge in [-0.15, -0.1) is 0 Å². The molecule has 0 amide bonds. The number of nitrogens with one attached hydrogen (secondary N) is 1. The van der Waals surface area contributed by atoms with Gasteiger partial charge >= 0.3 is 0 Å². The molecule has 3 nitrogen and oxygen atoms in total. The Balaban J connectivity index is 2.06. The predicted octanol–water partition coefficient (Wildman–Crippen LogP) is 2.23. The van der Waals surface area contributed by atoms with Crippen LogP contribution < -0.4 is 5.32 Å². The number of fused-ring (bicyclic) bond motifs is 1. The molecule has 70 valence electrons. The molecule has 14 heavy (non-hydrogen) atoms. The summed E-state index contributed by atoms with van der Waals surface area (Å²) in [5, 5.41) is 3.34. The minimum atomic E-state index is 0.265. The van der Waals surface area contributed by atoms with Gasteiger partial charge in [-0.05, 0) is 11.6 Å². The first-order valence-corrected chi connectivity index (χ1v) is 4.67. The molecule has 1 unspecified atom stereocenters. The summed E-state index contributed by atoms with van der Waals surface area (Å²) >= 11 is 0. The lowest BCUT2D eigenvalue weighted by Gasteiger charge is -2.03. The van der Waals surface area contributed by atoms with Crippen molar-refractivity contribution in [3.05, 3.63) is 48.2 Å². The maximum atomic E-state index is 5.32. The summed E-state index contributed by atoms with van der Waals surface area (Å²) in [7, 11) is 0. The van der Waals surface area contributed by atoms with Gasteiger partial charge in [0.1, 0.15) is 6.26 Å². The van der Waals surface area contributed by atoms with E-state index in [1.54, 1.807) is 12.5 Å². The zero-order chi connectivity index (χ0) is 9.38. The fourth-order valence-corrected chi connectivity index (χ4v) is 1.91. The fraction of sp³-hybridized carbons (Fsp3) is 0.182. The van der Waals surface area contributed by atoms with Crippen LogP contribution in [0.25, 0.3) is 0 Å². The number of para-hydroxylation sites is 1. The number of anilines is 1. The Labute approximate surface area is 81.8 Å². The van der Waals surface area contributed by atoms with Crippen LogP contribution in [-0.2, 0) is 0 Å². The molecule has 1 atom stereocenters. The minimum absolute atomic E-state index is 0.265. The first-order chi connectivity index (χ1) is 6.95. The van der Waals surface area contributed by atoms with E-state index >= 15 is 0 Å². The molecule has 1 aromatic carbocycles.